The number of aromatic amines is 1. The van der Waals surface area contributed by atoms with E-state index in [9.17, 15) is 9.90 Å². The molecule has 0 radical (unpaired) electrons. The number of H-pyrrole nitrogens is 1. The summed E-state index contributed by atoms with van der Waals surface area (Å²) in [6, 6.07) is 5.32. The first kappa shape index (κ1) is 19.9. The summed E-state index contributed by atoms with van der Waals surface area (Å²) >= 11 is 1.69. The molecule has 1 aliphatic heterocycles. The van der Waals surface area contributed by atoms with Crippen molar-refractivity contribution in [3.8, 4) is 5.75 Å². The highest BCUT2D eigenvalue weighted by atomic mass is 32.2. The van der Waals surface area contributed by atoms with Gasteiger partial charge in [-0.15, -0.1) is 0 Å². The van der Waals surface area contributed by atoms with E-state index >= 15 is 0 Å². The van der Waals surface area contributed by atoms with E-state index in [2.05, 4.69) is 33.7 Å². The summed E-state index contributed by atoms with van der Waals surface area (Å²) in [7, 11) is 0. The Labute approximate surface area is 162 Å². The summed E-state index contributed by atoms with van der Waals surface area (Å²) in [5.74, 6) is 0.535. The second-order valence-corrected chi connectivity index (χ2v) is 8.02. The minimum atomic E-state index is -0.665. The molecule has 1 aromatic carbocycles. The van der Waals surface area contributed by atoms with Gasteiger partial charge >= 0.3 is 0 Å². The average molecular weight is 391 g/mol. The highest BCUT2D eigenvalue weighted by molar-refractivity contribution is 8.03. The quantitative estimate of drug-likeness (QED) is 0.562. The van der Waals surface area contributed by atoms with Crippen molar-refractivity contribution in [2.24, 2.45) is 0 Å². The summed E-state index contributed by atoms with van der Waals surface area (Å²) in [4.78, 5) is 18.6. The number of hydrogen-bond acceptors (Lipinski definition) is 7. The maximum absolute atomic E-state index is 11.7. The first-order valence-electron chi connectivity index (χ1n) is 8.95. The molecule has 146 valence electrons. The number of nitrogens with one attached hydrogen (secondary N) is 2. The molecule has 2 atom stereocenters. The zero-order valence-corrected chi connectivity index (χ0v) is 16.3. The van der Waals surface area contributed by atoms with Crippen LogP contribution < -0.4 is 15.6 Å². The minimum Gasteiger partial charge on any atom is -0.488 e. The van der Waals surface area contributed by atoms with Gasteiger partial charge in [0.2, 0.25) is 0 Å². The van der Waals surface area contributed by atoms with Crippen molar-refractivity contribution in [2.75, 3.05) is 26.3 Å². The van der Waals surface area contributed by atoms with E-state index in [0.29, 0.717) is 42.2 Å². The molecule has 3 rings (SSSR count). The molecule has 0 saturated heterocycles. The number of aryl methyl sites for hydroxylation is 1. The predicted octanol–water partition coefficient (Wildman–Crippen LogP) is 1.94. The zero-order chi connectivity index (χ0) is 19.3. The smallest absolute Gasteiger partial charge is 0.269 e. The number of hydrogen-bond donors (Lipinski definition) is 3. The second kappa shape index (κ2) is 8.88. The summed E-state index contributed by atoms with van der Waals surface area (Å²) in [6.45, 7) is 5.50. The van der Waals surface area contributed by atoms with E-state index in [1.54, 1.807) is 36.9 Å². The lowest BCUT2D eigenvalue weighted by atomic mass is 10.2. The molecule has 2 heterocycles. The lowest BCUT2D eigenvalue weighted by molar-refractivity contribution is 0.0425. The fourth-order valence-corrected chi connectivity index (χ4v) is 3.56. The molecule has 3 N–H and O–H groups in total. The maximum Gasteiger partial charge on any atom is 0.269 e. The Hall–Kier alpha value is -1.87. The number of fused-ring (bicyclic) bond motifs is 1. The third-order valence-electron chi connectivity index (χ3n) is 4.25. The van der Waals surface area contributed by atoms with E-state index < -0.39 is 6.10 Å². The zero-order valence-electron chi connectivity index (χ0n) is 15.5. The van der Waals surface area contributed by atoms with Crippen molar-refractivity contribution >= 4 is 22.8 Å². The van der Waals surface area contributed by atoms with Gasteiger partial charge in [0.05, 0.1) is 12.1 Å². The molecule has 2 unspecified atom stereocenters. The Bertz CT molecular complexity index is 860. The van der Waals surface area contributed by atoms with Crippen LogP contribution in [0.5, 0.6) is 5.75 Å². The fourth-order valence-electron chi connectivity index (χ4n) is 2.73. The predicted molar refractivity (Wildman–Crippen MR) is 107 cm³/mol. The molecule has 1 aliphatic rings. The van der Waals surface area contributed by atoms with Crippen molar-refractivity contribution < 1.29 is 14.6 Å². The van der Waals surface area contributed by atoms with Crippen molar-refractivity contribution in [2.45, 2.75) is 31.3 Å². The molecule has 1 aromatic heterocycles. The Kier molecular flexibility index (Phi) is 6.54. The molecule has 0 fully saturated rings. The third-order valence-corrected chi connectivity index (χ3v) is 5.37. The molecule has 2 aromatic rings. The standard InChI is InChI=1S/C19H25N3O4S/c1-13-18(24)22-15-5-3-6-16(17(15)21-13)25-12-14(23)11-20-8-9-26-19(2)7-4-10-27-19/h3-6,10,14,20,23H,7-9,11-12H2,1-2H3,(H,22,24). The third kappa shape index (κ3) is 5.32. The monoisotopic (exact) mass is 391 g/mol. The van der Waals surface area contributed by atoms with Crippen molar-refractivity contribution in [1.82, 2.24) is 15.3 Å². The van der Waals surface area contributed by atoms with Gasteiger partial charge in [-0.1, -0.05) is 23.9 Å². The number of nitrogens with zero attached hydrogens (tertiary/aromatic N) is 1. The molecular formula is C19H25N3O4S. The Morgan fingerprint density at radius 1 is 1.48 bits per heavy atom. The molecule has 7 nitrogen and oxygen atoms in total. The van der Waals surface area contributed by atoms with E-state index in [0.717, 1.165) is 6.42 Å². The van der Waals surface area contributed by atoms with Gasteiger partial charge < -0.3 is 24.9 Å². The van der Waals surface area contributed by atoms with Gasteiger partial charge in [0, 0.05) is 19.5 Å². The Morgan fingerprint density at radius 2 is 2.33 bits per heavy atom. The van der Waals surface area contributed by atoms with Crippen LogP contribution in [0.2, 0.25) is 0 Å². The Morgan fingerprint density at radius 3 is 3.11 bits per heavy atom. The lowest BCUT2D eigenvalue weighted by Crippen LogP contribution is -2.34. The number of thioether (sulfide) groups is 1. The number of para-hydroxylation sites is 1. The van der Waals surface area contributed by atoms with Crippen LogP contribution in [0.1, 0.15) is 19.0 Å². The second-order valence-electron chi connectivity index (χ2n) is 6.65. The average Bonchev–Trinajstić information content (AvgIpc) is 3.07. The van der Waals surface area contributed by atoms with Gasteiger partial charge in [0.15, 0.2) is 0 Å². The lowest BCUT2D eigenvalue weighted by Gasteiger charge is -2.23. The topological polar surface area (TPSA) is 96.5 Å². The van der Waals surface area contributed by atoms with Gasteiger partial charge in [-0.2, -0.15) is 0 Å². The maximum atomic E-state index is 11.7. The van der Waals surface area contributed by atoms with E-state index in [1.165, 1.54) is 0 Å². The van der Waals surface area contributed by atoms with Crippen LogP contribution in [0, 0.1) is 6.92 Å². The van der Waals surface area contributed by atoms with Crippen molar-refractivity contribution in [3.05, 3.63) is 45.7 Å². The summed E-state index contributed by atoms with van der Waals surface area (Å²) < 4.78 is 11.6. The number of aliphatic hydroxyl groups excluding tert-OH is 1. The van der Waals surface area contributed by atoms with Crippen LogP contribution >= 0.6 is 11.8 Å². The van der Waals surface area contributed by atoms with Crippen LogP contribution in [0.25, 0.3) is 11.0 Å². The molecule has 0 amide bonds. The van der Waals surface area contributed by atoms with Gasteiger partial charge in [0.25, 0.3) is 5.56 Å². The molecule has 0 spiro atoms. The molecule has 0 bridgehead atoms. The van der Waals surface area contributed by atoms with Crippen molar-refractivity contribution in [1.29, 1.82) is 0 Å². The van der Waals surface area contributed by atoms with E-state index in [-0.39, 0.29) is 17.1 Å². The molecule has 0 saturated carbocycles. The highest BCUT2D eigenvalue weighted by Crippen LogP contribution is 2.36. The highest BCUT2D eigenvalue weighted by Gasteiger charge is 2.26. The van der Waals surface area contributed by atoms with Gasteiger partial charge in [-0.05, 0) is 31.4 Å². The number of aromatic nitrogens is 2. The minimum absolute atomic E-state index is 0.129. The summed E-state index contributed by atoms with van der Waals surface area (Å²) in [6.07, 6.45) is 2.36. The van der Waals surface area contributed by atoms with Gasteiger partial charge in [-0.25, -0.2) is 4.98 Å². The SMILES string of the molecule is Cc1nc2c(OCC(O)CNCCOC3(C)CC=CS3)cccc2[nH]c1=O. The van der Waals surface area contributed by atoms with Crippen LogP contribution in [0.15, 0.2) is 34.5 Å². The molecule has 0 aliphatic carbocycles. The van der Waals surface area contributed by atoms with Crippen molar-refractivity contribution in [3.63, 3.8) is 0 Å². The molecule has 27 heavy (non-hydrogen) atoms. The fraction of sp³-hybridized carbons (Fsp3) is 0.474. The Balaban J connectivity index is 1.43. The van der Waals surface area contributed by atoms with E-state index in [4.69, 9.17) is 9.47 Å². The normalized spacial score (nSPS) is 20.3. The molecular weight excluding hydrogens is 366 g/mol. The first-order valence-corrected chi connectivity index (χ1v) is 9.83. The number of rotatable bonds is 9. The van der Waals surface area contributed by atoms with Crippen LogP contribution in [-0.4, -0.2) is 52.4 Å². The largest absolute Gasteiger partial charge is 0.488 e. The van der Waals surface area contributed by atoms with Crippen LogP contribution in [-0.2, 0) is 4.74 Å². The van der Waals surface area contributed by atoms with E-state index in [1.807, 2.05) is 0 Å². The van der Waals surface area contributed by atoms with Crippen LogP contribution in [0.4, 0.5) is 0 Å². The van der Waals surface area contributed by atoms with Crippen LogP contribution in [0.3, 0.4) is 0 Å². The summed E-state index contributed by atoms with van der Waals surface area (Å²) in [5, 5.41) is 15.4. The van der Waals surface area contributed by atoms with Gasteiger partial charge in [-0.3, -0.25) is 4.79 Å². The first-order chi connectivity index (χ1) is 13.0. The van der Waals surface area contributed by atoms with Gasteiger partial charge in [0.1, 0.15) is 34.6 Å². The molecule has 8 heteroatoms. The summed E-state index contributed by atoms with van der Waals surface area (Å²) in [5.41, 5.74) is 1.36. The number of benzene rings is 1. The number of ether oxygens (including phenoxy) is 2. The number of aliphatic hydroxyl groups is 1.